The first kappa shape index (κ1) is 19.1. The molecule has 8 heteroatoms. The number of nitrogens with zero attached hydrogens (tertiary/aromatic N) is 3. The van der Waals surface area contributed by atoms with Crippen molar-refractivity contribution < 1.29 is 18.0 Å². The van der Waals surface area contributed by atoms with Crippen LogP contribution >= 0.6 is 12.4 Å². The Morgan fingerprint density at radius 2 is 1.64 bits per heavy atom. The van der Waals surface area contributed by atoms with Crippen molar-refractivity contribution >= 4 is 24.0 Å². The quantitative estimate of drug-likeness (QED) is 0.811. The summed E-state index contributed by atoms with van der Waals surface area (Å²) in [5, 5.41) is 0. The SMILES string of the molecule is Cl.O=C(c1cccnc1)N1CCN(c2ccc(C(F)(F)F)cc2)CC1. The second-order valence-corrected chi connectivity index (χ2v) is 5.57. The lowest BCUT2D eigenvalue weighted by molar-refractivity contribution is -0.137. The largest absolute Gasteiger partial charge is 0.416 e. The number of aromatic nitrogens is 1. The average Bonchev–Trinajstić information content (AvgIpc) is 2.61. The van der Waals surface area contributed by atoms with Crippen molar-refractivity contribution in [3.8, 4) is 0 Å². The Bertz CT molecular complexity index is 699. The van der Waals surface area contributed by atoms with Gasteiger partial charge < -0.3 is 9.80 Å². The molecule has 2 aromatic rings. The highest BCUT2D eigenvalue weighted by molar-refractivity contribution is 5.94. The van der Waals surface area contributed by atoms with Gasteiger partial charge in [0.15, 0.2) is 0 Å². The van der Waals surface area contributed by atoms with Crippen LogP contribution in [-0.2, 0) is 6.18 Å². The van der Waals surface area contributed by atoms with Gasteiger partial charge in [-0.1, -0.05) is 0 Å². The number of halogens is 4. The lowest BCUT2D eigenvalue weighted by Crippen LogP contribution is -2.48. The zero-order valence-electron chi connectivity index (χ0n) is 13.2. The van der Waals surface area contributed by atoms with Gasteiger partial charge in [-0.05, 0) is 36.4 Å². The van der Waals surface area contributed by atoms with Crippen LogP contribution in [0.25, 0.3) is 0 Å². The van der Waals surface area contributed by atoms with Crippen molar-refractivity contribution in [2.75, 3.05) is 31.1 Å². The molecule has 134 valence electrons. The van der Waals surface area contributed by atoms with Crippen molar-refractivity contribution in [3.63, 3.8) is 0 Å². The fraction of sp³-hybridized carbons (Fsp3) is 0.294. The van der Waals surface area contributed by atoms with Crippen LogP contribution < -0.4 is 4.90 Å². The first-order chi connectivity index (χ1) is 11.4. The highest BCUT2D eigenvalue weighted by atomic mass is 35.5. The molecule has 1 aromatic carbocycles. The minimum atomic E-state index is -4.33. The fourth-order valence-corrected chi connectivity index (χ4v) is 2.70. The summed E-state index contributed by atoms with van der Waals surface area (Å²) in [7, 11) is 0. The van der Waals surface area contributed by atoms with Crippen molar-refractivity contribution in [1.82, 2.24) is 9.88 Å². The predicted molar refractivity (Wildman–Crippen MR) is 91.0 cm³/mol. The molecule has 3 rings (SSSR count). The Morgan fingerprint density at radius 3 is 2.16 bits per heavy atom. The van der Waals surface area contributed by atoms with E-state index in [4.69, 9.17) is 0 Å². The second kappa shape index (κ2) is 7.74. The zero-order chi connectivity index (χ0) is 17.2. The number of hydrogen-bond acceptors (Lipinski definition) is 3. The van der Waals surface area contributed by atoms with Crippen LogP contribution in [0.3, 0.4) is 0 Å². The number of piperazine rings is 1. The normalized spacial score (nSPS) is 14.8. The van der Waals surface area contributed by atoms with Crippen molar-refractivity contribution in [2.45, 2.75) is 6.18 Å². The van der Waals surface area contributed by atoms with Crippen LogP contribution in [0.2, 0.25) is 0 Å². The molecular formula is C17H17ClF3N3O. The smallest absolute Gasteiger partial charge is 0.368 e. The van der Waals surface area contributed by atoms with E-state index in [0.717, 1.165) is 17.8 Å². The molecule has 0 unspecified atom stereocenters. The number of anilines is 1. The fourth-order valence-electron chi connectivity index (χ4n) is 2.70. The molecule has 0 radical (unpaired) electrons. The Labute approximate surface area is 149 Å². The van der Waals surface area contributed by atoms with Crippen molar-refractivity contribution in [1.29, 1.82) is 0 Å². The summed E-state index contributed by atoms with van der Waals surface area (Å²) in [6.45, 7) is 2.21. The maximum Gasteiger partial charge on any atom is 0.416 e. The molecule has 2 heterocycles. The molecule has 25 heavy (non-hydrogen) atoms. The number of carbonyl (C=O) groups is 1. The number of alkyl halides is 3. The highest BCUT2D eigenvalue weighted by Crippen LogP contribution is 2.30. The summed E-state index contributed by atoms with van der Waals surface area (Å²) in [5.74, 6) is -0.0739. The molecule has 0 spiro atoms. The Hall–Kier alpha value is -2.28. The van der Waals surface area contributed by atoms with Gasteiger partial charge in [0.25, 0.3) is 5.91 Å². The molecule has 1 aromatic heterocycles. The van der Waals surface area contributed by atoms with Crippen LogP contribution in [0.4, 0.5) is 18.9 Å². The predicted octanol–water partition coefficient (Wildman–Crippen LogP) is 3.48. The number of hydrogen-bond donors (Lipinski definition) is 0. The lowest BCUT2D eigenvalue weighted by Gasteiger charge is -2.36. The minimum Gasteiger partial charge on any atom is -0.368 e. The number of benzene rings is 1. The van der Waals surface area contributed by atoms with Gasteiger partial charge in [-0.15, -0.1) is 12.4 Å². The van der Waals surface area contributed by atoms with E-state index in [1.165, 1.54) is 18.3 Å². The van der Waals surface area contributed by atoms with Crippen molar-refractivity contribution in [3.05, 3.63) is 59.9 Å². The van der Waals surface area contributed by atoms with Gasteiger partial charge in [0, 0.05) is 44.3 Å². The van der Waals surface area contributed by atoms with Crippen LogP contribution in [0, 0.1) is 0 Å². The third kappa shape index (κ3) is 4.42. The third-order valence-corrected chi connectivity index (χ3v) is 4.04. The first-order valence-corrected chi connectivity index (χ1v) is 7.56. The molecule has 1 fully saturated rings. The molecule has 1 aliphatic heterocycles. The minimum absolute atomic E-state index is 0. The number of carbonyl (C=O) groups excluding carboxylic acids is 1. The van der Waals surface area contributed by atoms with Gasteiger partial charge in [-0.2, -0.15) is 13.2 Å². The average molecular weight is 372 g/mol. The van der Waals surface area contributed by atoms with Crippen LogP contribution in [0.15, 0.2) is 48.8 Å². The second-order valence-electron chi connectivity index (χ2n) is 5.57. The molecule has 0 N–H and O–H groups in total. The van der Waals surface area contributed by atoms with Crippen LogP contribution in [0.1, 0.15) is 15.9 Å². The monoisotopic (exact) mass is 371 g/mol. The summed E-state index contributed by atoms with van der Waals surface area (Å²) in [6.07, 6.45) is -1.18. The van der Waals surface area contributed by atoms with Gasteiger partial charge in [0.1, 0.15) is 0 Å². The summed E-state index contributed by atoms with van der Waals surface area (Å²) in [6, 6.07) is 8.55. The summed E-state index contributed by atoms with van der Waals surface area (Å²) >= 11 is 0. The Kier molecular flexibility index (Phi) is 5.89. The maximum atomic E-state index is 12.6. The summed E-state index contributed by atoms with van der Waals surface area (Å²) in [4.78, 5) is 20.0. The maximum absolute atomic E-state index is 12.6. The molecule has 1 saturated heterocycles. The van der Waals surface area contributed by atoms with Gasteiger partial charge in [-0.25, -0.2) is 0 Å². The number of amides is 1. The van der Waals surface area contributed by atoms with Gasteiger partial charge >= 0.3 is 6.18 Å². The van der Waals surface area contributed by atoms with E-state index in [-0.39, 0.29) is 18.3 Å². The lowest BCUT2D eigenvalue weighted by atomic mass is 10.1. The number of rotatable bonds is 2. The molecule has 0 saturated carbocycles. The van der Waals surface area contributed by atoms with Crippen molar-refractivity contribution in [2.24, 2.45) is 0 Å². The van der Waals surface area contributed by atoms with Crippen LogP contribution in [0.5, 0.6) is 0 Å². The van der Waals surface area contributed by atoms with E-state index < -0.39 is 11.7 Å². The molecule has 0 aliphatic carbocycles. The van der Waals surface area contributed by atoms with E-state index >= 15 is 0 Å². The van der Waals surface area contributed by atoms with E-state index in [1.54, 1.807) is 23.2 Å². The van der Waals surface area contributed by atoms with Gasteiger partial charge in [-0.3, -0.25) is 9.78 Å². The molecule has 4 nitrogen and oxygen atoms in total. The highest BCUT2D eigenvalue weighted by Gasteiger charge is 2.30. The molecule has 0 bridgehead atoms. The molecule has 0 atom stereocenters. The Balaban J connectivity index is 0.00000225. The van der Waals surface area contributed by atoms with Gasteiger partial charge in [0.05, 0.1) is 11.1 Å². The third-order valence-electron chi connectivity index (χ3n) is 4.04. The summed E-state index contributed by atoms with van der Waals surface area (Å²) < 4.78 is 37.8. The number of pyridine rings is 1. The Morgan fingerprint density at radius 1 is 1.00 bits per heavy atom. The van der Waals surface area contributed by atoms with Crippen LogP contribution in [-0.4, -0.2) is 42.0 Å². The zero-order valence-corrected chi connectivity index (χ0v) is 14.1. The van der Waals surface area contributed by atoms with E-state index in [2.05, 4.69) is 4.98 Å². The van der Waals surface area contributed by atoms with Gasteiger partial charge in [0.2, 0.25) is 0 Å². The molecule has 1 aliphatic rings. The van der Waals surface area contributed by atoms with E-state index in [9.17, 15) is 18.0 Å². The topological polar surface area (TPSA) is 36.4 Å². The van der Waals surface area contributed by atoms with E-state index in [0.29, 0.717) is 31.7 Å². The standard InChI is InChI=1S/C17H16F3N3O.ClH/c18-17(19,20)14-3-5-15(6-4-14)22-8-10-23(11-9-22)16(24)13-2-1-7-21-12-13;/h1-7,12H,8-11H2;1H. The molecular weight excluding hydrogens is 355 g/mol. The summed E-state index contributed by atoms with van der Waals surface area (Å²) in [5.41, 5.74) is 0.619. The first-order valence-electron chi connectivity index (χ1n) is 7.56. The molecule has 1 amide bonds. The van der Waals surface area contributed by atoms with E-state index in [1.807, 2.05) is 4.90 Å².